The minimum atomic E-state index is 0.259. The van der Waals surface area contributed by atoms with E-state index in [1.165, 1.54) is 12.8 Å². The Morgan fingerprint density at radius 2 is 2.13 bits per heavy atom. The van der Waals surface area contributed by atoms with Gasteiger partial charge in [0.2, 0.25) is 5.96 Å². The molecule has 0 aromatic rings. The zero-order valence-corrected chi connectivity index (χ0v) is 14.4. The van der Waals surface area contributed by atoms with Crippen molar-refractivity contribution in [3.8, 4) is 6.07 Å². The third-order valence-corrected chi connectivity index (χ3v) is 5.27. The SMILES string of the molecule is C=C/C(=N/C(=N)N[C@@H]1C[C@H]2CC[C@@H](C1)N2CCC#N)C(C)CC. The van der Waals surface area contributed by atoms with Gasteiger partial charge >= 0.3 is 0 Å². The Morgan fingerprint density at radius 3 is 2.65 bits per heavy atom. The molecule has 2 heterocycles. The van der Waals surface area contributed by atoms with E-state index in [0.29, 0.717) is 30.5 Å². The van der Waals surface area contributed by atoms with Crippen molar-refractivity contribution in [1.82, 2.24) is 10.2 Å². The minimum Gasteiger partial charge on any atom is -0.352 e. The van der Waals surface area contributed by atoms with Gasteiger partial charge in [-0.3, -0.25) is 10.3 Å². The van der Waals surface area contributed by atoms with Crippen molar-refractivity contribution < 1.29 is 0 Å². The van der Waals surface area contributed by atoms with Gasteiger partial charge in [0, 0.05) is 36.8 Å². The number of hydrogen-bond donors (Lipinski definition) is 2. The lowest BCUT2D eigenvalue weighted by molar-refractivity contribution is 0.125. The Balaban J connectivity index is 1.91. The quantitative estimate of drug-likeness (QED) is 0.584. The third-order valence-electron chi connectivity index (χ3n) is 5.27. The van der Waals surface area contributed by atoms with Crippen LogP contribution in [-0.2, 0) is 0 Å². The number of aliphatic imine (C=N–C) groups is 1. The molecule has 0 radical (unpaired) electrons. The summed E-state index contributed by atoms with van der Waals surface area (Å²) in [6.07, 6.45) is 7.91. The standard InChI is InChI=1S/C18H29N5/c1-4-13(3)17(5-2)22-18(20)21-14-11-15-7-8-16(12-14)23(15)10-6-9-19/h5,13-16H,2,4,6-8,10-12H2,1,3H3,(H2,20,21)/b22-17-/t13?,14-,15-,16+. The summed E-state index contributed by atoms with van der Waals surface area (Å²) in [4.78, 5) is 6.92. The van der Waals surface area contributed by atoms with Crippen molar-refractivity contribution in [2.24, 2.45) is 10.9 Å². The van der Waals surface area contributed by atoms with Gasteiger partial charge in [-0.25, -0.2) is 4.99 Å². The number of allylic oxidation sites excluding steroid dienone is 1. The minimum absolute atomic E-state index is 0.259. The van der Waals surface area contributed by atoms with E-state index in [4.69, 9.17) is 10.7 Å². The van der Waals surface area contributed by atoms with Crippen LogP contribution in [0.15, 0.2) is 17.6 Å². The van der Waals surface area contributed by atoms with Crippen LogP contribution in [0.1, 0.15) is 52.4 Å². The Morgan fingerprint density at radius 1 is 1.48 bits per heavy atom. The van der Waals surface area contributed by atoms with Crippen LogP contribution in [0.25, 0.3) is 0 Å². The molecule has 2 bridgehead atoms. The molecule has 0 aliphatic carbocycles. The Bertz CT molecular complexity index is 490. The van der Waals surface area contributed by atoms with Crippen LogP contribution in [0, 0.1) is 22.7 Å². The molecule has 0 spiro atoms. The van der Waals surface area contributed by atoms with Crippen LogP contribution in [-0.4, -0.2) is 41.2 Å². The van der Waals surface area contributed by atoms with Crippen molar-refractivity contribution >= 4 is 11.7 Å². The first kappa shape index (κ1) is 17.7. The van der Waals surface area contributed by atoms with Crippen molar-refractivity contribution in [3.05, 3.63) is 12.7 Å². The first-order valence-corrected chi connectivity index (χ1v) is 8.77. The van der Waals surface area contributed by atoms with Crippen molar-refractivity contribution in [1.29, 1.82) is 10.7 Å². The second-order valence-electron chi connectivity index (χ2n) is 6.74. The highest BCUT2D eigenvalue weighted by Gasteiger charge is 2.40. The maximum atomic E-state index is 8.79. The molecule has 23 heavy (non-hydrogen) atoms. The lowest BCUT2D eigenvalue weighted by Crippen LogP contribution is -2.50. The largest absolute Gasteiger partial charge is 0.352 e. The average molecular weight is 315 g/mol. The zero-order chi connectivity index (χ0) is 16.8. The molecule has 0 saturated carbocycles. The number of rotatable bonds is 6. The molecule has 2 aliphatic heterocycles. The molecule has 0 aromatic heterocycles. The molecule has 0 amide bonds. The fraction of sp³-hybridized carbons (Fsp3) is 0.722. The van der Waals surface area contributed by atoms with Gasteiger partial charge in [-0.15, -0.1) is 0 Å². The molecule has 126 valence electrons. The zero-order valence-electron chi connectivity index (χ0n) is 14.4. The van der Waals surface area contributed by atoms with Crippen LogP contribution < -0.4 is 5.32 Å². The summed E-state index contributed by atoms with van der Waals surface area (Å²) in [5.41, 5.74) is 0.888. The lowest BCUT2D eigenvalue weighted by Gasteiger charge is -2.38. The van der Waals surface area contributed by atoms with Gasteiger partial charge in [0.05, 0.1) is 6.07 Å². The highest BCUT2D eigenvalue weighted by molar-refractivity contribution is 6.03. The van der Waals surface area contributed by atoms with E-state index in [0.717, 1.165) is 31.5 Å². The topological polar surface area (TPSA) is 75.3 Å². The van der Waals surface area contributed by atoms with Gasteiger partial charge < -0.3 is 5.32 Å². The average Bonchev–Trinajstić information content (AvgIpc) is 2.78. The summed E-state index contributed by atoms with van der Waals surface area (Å²) in [6.45, 7) is 8.94. The van der Waals surface area contributed by atoms with Gasteiger partial charge in [-0.05, 0) is 44.1 Å². The van der Waals surface area contributed by atoms with E-state index in [9.17, 15) is 0 Å². The fourth-order valence-electron chi connectivity index (χ4n) is 3.86. The molecule has 2 saturated heterocycles. The van der Waals surface area contributed by atoms with Gasteiger partial charge in [-0.1, -0.05) is 20.4 Å². The number of hydrogen-bond acceptors (Lipinski definition) is 3. The normalized spacial score (nSPS) is 28.9. The molecule has 5 nitrogen and oxygen atoms in total. The van der Waals surface area contributed by atoms with Gasteiger partial charge in [0.25, 0.3) is 0 Å². The predicted octanol–water partition coefficient (Wildman–Crippen LogP) is 3.09. The van der Waals surface area contributed by atoms with Crippen LogP contribution in [0.4, 0.5) is 0 Å². The van der Waals surface area contributed by atoms with E-state index < -0.39 is 0 Å². The lowest BCUT2D eigenvalue weighted by atomic mass is 9.97. The molecule has 4 atom stereocenters. The van der Waals surface area contributed by atoms with E-state index in [2.05, 4.69) is 41.7 Å². The Hall–Kier alpha value is -1.67. The molecular weight excluding hydrogens is 286 g/mol. The van der Waals surface area contributed by atoms with E-state index in [1.54, 1.807) is 6.08 Å². The Kier molecular flexibility index (Phi) is 6.35. The summed E-state index contributed by atoms with van der Waals surface area (Å²) >= 11 is 0. The molecule has 5 heteroatoms. The molecule has 1 unspecified atom stereocenters. The van der Waals surface area contributed by atoms with E-state index >= 15 is 0 Å². The number of guanidine groups is 1. The number of nitriles is 1. The second kappa shape index (κ2) is 8.26. The third kappa shape index (κ3) is 4.42. The molecule has 0 aromatic carbocycles. The van der Waals surface area contributed by atoms with Crippen molar-refractivity contribution in [3.63, 3.8) is 0 Å². The number of fused-ring (bicyclic) bond motifs is 2. The monoisotopic (exact) mass is 315 g/mol. The molecule has 2 N–H and O–H groups in total. The summed E-state index contributed by atoms with van der Waals surface area (Å²) in [6, 6.07) is 3.70. The van der Waals surface area contributed by atoms with Crippen LogP contribution in [0.3, 0.4) is 0 Å². The van der Waals surface area contributed by atoms with Crippen molar-refractivity contribution in [2.45, 2.75) is 70.5 Å². The Labute approximate surface area is 140 Å². The second-order valence-corrected chi connectivity index (χ2v) is 6.74. The summed E-state index contributed by atoms with van der Waals surface area (Å²) in [7, 11) is 0. The molecule has 2 aliphatic rings. The molecule has 2 rings (SSSR count). The first-order chi connectivity index (χ1) is 11.1. The van der Waals surface area contributed by atoms with Crippen LogP contribution in [0.2, 0.25) is 0 Å². The molecular formula is C18H29N5. The van der Waals surface area contributed by atoms with Crippen LogP contribution in [0.5, 0.6) is 0 Å². The number of piperidine rings is 1. The highest BCUT2D eigenvalue weighted by atomic mass is 15.2. The fourth-order valence-corrected chi connectivity index (χ4v) is 3.86. The number of nitrogens with one attached hydrogen (secondary N) is 2. The predicted molar refractivity (Wildman–Crippen MR) is 94.7 cm³/mol. The number of nitrogens with zero attached hydrogens (tertiary/aromatic N) is 3. The van der Waals surface area contributed by atoms with Gasteiger partial charge in [0.1, 0.15) is 0 Å². The maximum absolute atomic E-state index is 8.79. The first-order valence-electron chi connectivity index (χ1n) is 8.77. The van der Waals surface area contributed by atoms with Crippen molar-refractivity contribution in [2.75, 3.05) is 6.54 Å². The van der Waals surface area contributed by atoms with Gasteiger partial charge in [0.15, 0.2) is 0 Å². The van der Waals surface area contributed by atoms with E-state index in [1.807, 2.05) is 0 Å². The van der Waals surface area contributed by atoms with Gasteiger partial charge in [-0.2, -0.15) is 5.26 Å². The van der Waals surface area contributed by atoms with Crippen LogP contribution >= 0.6 is 0 Å². The smallest absolute Gasteiger partial charge is 0.215 e. The summed E-state index contributed by atoms with van der Waals surface area (Å²) in [5, 5.41) is 20.2. The van der Waals surface area contributed by atoms with E-state index in [-0.39, 0.29) is 5.96 Å². The summed E-state index contributed by atoms with van der Waals surface area (Å²) in [5.74, 6) is 0.591. The maximum Gasteiger partial charge on any atom is 0.215 e. The summed E-state index contributed by atoms with van der Waals surface area (Å²) < 4.78 is 0. The highest BCUT2D eigenvalue weighted by Crippen LogP contribution is 2.35. The molecule has 2 fully saturated rings.